The van der Waals surface area contributed by atoms with Gasteiger partial charge in [0.05, 0.1) is 32.2 Å². The maximum Gasteiger partial charge on any atom is 0.295 e. The fourth-order valence-electron chi connectivity index (χ4n) is 5.11. The number of rotatable bonds is 8. The van der Waals surface area contributed by atoms with Crippen molar-refractivity contribution in [2.24, 2.45) is 0 Å². The van der Waals surface area contributed by atoms with E-state index in [1.54, 1.807) is 17.0 Å². The van der Waals surface area contributed by atoms with Gasteiger partial charge in [0.25, 0.3) is 5.91 Å². The Balaban J connectivity index is 1.78. The maximum atomic E-state index is 13.8. The van der Waals surface area contributed by atoms with E-state index in [1.807, 2.05) is 37.3 Å². The minimum Gasteiger partial charge on any atom is -0.872 e. The highest BCUT2D eigenvalue weighted by molar-refractivity contribution is 6.46. The zero-order valence-electron chi connectivity index (χ0n) is 21.4. The first kappa shape index (κ1) is 25.0. The standard InChI is InChI=1S/C29H36N2O4/c1-6-30(7-2)14-15-31-26(21-10-8-20(9-11-21)18(3)4)25(28(33)29(31)34)27(32)22-12-13-24-23(17-22)16-19(5)35-24/h8-13,17-19,26,32H,6-7,14-16H2,1-5H3. The summed E-state index contributed by atoms with van der Waals surface area (Å²) in [4.78, 5) is 29.4. The molecule has 2 unspecified atom stereocenters. The van der Waals surface area contributed by atoms with E-state index in [0.717, 1.165) is 42.9 Å². The number of ether oxygens (including phenoxy) is 1. The number of benzene rings is 2. The van der Waals surface area contributed by atoms with Gasteiger partial charge in [0.2, 0.25) is 5.78 Å². The molecule has 0 spiro atoms. The second-order valence-corrected chi connectivity index (χ2v) is 9.96. The Morgan fingerprint density at radius 3 is 2.43 bits per heavy atom. The molecular weight excluding hydrogens is 440 g/mol. The van der Waals surface area contributed by atoms with Gasteiger partial charge in [-0.2, -0.15) is 0 Å². The van der Waals surface area contributed by atoms with Crippen LogP contribution >= 0.6 is 0 Å². The highest BCUT2D eigenvalue weighted by Crippen LogP contribution is 2.40. The summed E-state index contributed by atoms with van der Waals surface area (Å²) in [7, 11) is 0. The summed E-state index contributed by atoms with van der Waals surface area (Å²) in [5.74, 6) is -0.512. The molecule has 0 bridgehead atoms. The Hall–Kier alpha value is -3.12. The average Bonchev–Trinajstić information content (AvgIpc) is 3.35. The molecule has 0 aromatic heterocycles. The van der Waals surface area contributed by atoms with E-state index < -0.39 is 17.7 Å². The summed E-state index contributed by atoms with van der Waals surface area (Å²) in [6.45, 7) is 13.5. The number of likely N-dealkylation sites (tertiary alicyclic amines) is 1. The minimum atomic E-state index is -0.687. The first-order valence-electron chi connectivity index (χ1n) is 12.7. The molecule has 2 atom stereocenters. The molecule has 1 saturated heterocycles. The fraction of sp³-hybridized carbons (Fsp3) is 0.448. The first-order chi connectivity index (χ1) is 16.7. The number of ketones is 1. The van der Waals surface area contributed by atoms with Crippen LogP contribution in [0.25, 0.3) is 5.76 Å². The molecule has 2 aromatic carbocycles. The van der Waals surface area contributed by atoms with Crippen LogP contribution < -0.4 is 14.7 Å². The summed E-state index contributed by atoms with van der Waals surface area (Å²) >= 11 is 0. The lowest BCUT2D eigenvalue weighted by molar-refractivity contribution is -0.895. The highest BCUT2D eigenvalue weighted by Gasteiger charge is 2.44. The average molecular weight is 477 g/mol. The van der Waals surface area contributed by atoms with Crippen LogP contribution in [0.1, 0.15) is 68.8 Å². The molecule has 1 fully saturated rings. The van der Waals surface area contributed by atoms with E-state index in [-0.39, 0.29) is 17.4 Å². The molecular formula is C29H36N2O4. The van der Waals surface area contributed by atoms with Crippen molar-refractivity contribution < 1.29 is 24.3 Å². The largest absolute Gasteiger partial charge is 0.872 e. The minimum absolute atomic E-state index is 0.0498. The molecule has 2 aromatic rings. The second-order valence-electron chi connectivity index (χ2n) is 9.96. The molecule has 0 radical (unpaired) electrons. The molecule has 1 amide bonds. The molecule has 1 N–H and O–H groups in total. The van der Waals surface area contributed by atoms with E-state index in [2.05, 4.69) is 27.7 Å². The number of amides is 1. The smallest absolute Gasteiger partial charge is 0.295 e. The molecule has 2 heterocycles. The van der Waals surface area contributed by atoms with Gasteiger partial charge in [0, 0.05) is 12.0 Å². The number of carbonyl (C=O) groups excluding carboxylic acids is 2. The van der Waals surface area contributed by atoms with Crippen molar-refractivity contribution in [1.82, 2.24) is 4.90 Å². The molecule has 0 saturated carbocycles. The van der Waals surface area contributed by atoms with Crippen LogP contribution in [0.5, 0.6) is 5.75 Å². The number of nitrogens with one attached hydrogen (secondary N) is 1. The Morgan fingerprint density at radius 2 is 1.80 bits per heavy atom. The van der Waals surface area contributed by atoms with Gasteiger partial charge in [-0.05, 0) is 61.1 Å². The topological polar surface area (TPSA) is 74.1 Å². The third-order valence-electron chi connectivity index (χ3n) is 7.31. The number of quaternary nitrogens is 1. The van der Waals surface area contributed by atoms with Crippen molar-refractivity contribution in [1.29, 1.82) is 0 Å². The molecule has 2 aliphatic heterocycles. The molecule has 2 aliphatic rings. The van der Waals surface area contributed by atoms with Gasteiger partial charge < -0.3 is 19.6 Å². The van der Waals surface area contributed by atoms with Gasteiger partial charge in [0.15, 0.2) is 0 Å². The second kappa shape index (κ2) is 10.2. The van der Waals surface area contributed by atoms with Crippen molar-refractivity contribution in [2.75, 3.05) is 26.2 Å². The van der Waals surface area contributed by atoms with Gasteiger partial charge in [-0.25, -0.2) is 0 Å². The molecule has 35 heavy (non-hydrogen) atoms. The van der Waals surface area contributed by atoms with E-state index in [9.17, 15) is 14.7 Å². The number of likely N-dealkylation sites (N-methyl/N-ethyl adjacent to an activating group) is 1. The van der Waals surface area contributed by atoms with Crippen LogP contribution in [0.3, 0.4) is 0 Å². The van der Waals surface area contributed by atoms with Crippen LogP contribution in [0.15, 0.2) is 48.0 Å². The van der Waals surface area contributed by atoms with Crippen LogP contribution in [0.2, 0.25) is 0 Å². The fourth-order valence-corrected chi connectivity index (χ4v) is 5.11. The Kier molecular flexibility index (Phi) is 7.31. The third-order valence-corrected chi connectivity index (χ3v) is 7.31. The lowest BCUT2D eigenvalue weighted by atomic mass is 9.92. The Bertz CT molecular complexity index is 1130. The van der Waals surface area contributed by atoms with E-state index in [0.29, 0.717) is 18.0 Å². The van der Waals surface area contributed by atoms with E-state index in [4.69, 9.17) is 4.74 Å². The number of hydrogen-bond donors (Lipinski definition) is 1. The van der Waals surface area contributed by atoms with Crippen molar-refractivity contribution >= 4 is 17.4 Å². The Labute approximate surface area is 208 Å². The number of fused-ring (bicyclic) bond motifs is 1. The summed E-state index contributed by atoms with van der Waals surface area (Å²) in [5, 5.41) is 13.8. The highest BCUT2D eigenvalue weighted by atomic mass is 16.5. The summed E-state index contributed by atoms with van der Waals surface area (Å²) in [5.41, 5.74) is 3.40. The lowest BCUT2D eigenvalue weighted by Crippen LogP contribution is -3.12. The molecule has 0 aliphatic carbocycles. The van der Waals surface area contributed by atoms with Gasteiger partial charge in [-0.3, -0.25) is 9.59 Å². The third kappa shape index (κ3) is 4.85. The van der Waals surface area contributed by atoms with Crippen LogP contribution in [0, 0.1) is 0 Å². The van der Waals surface area contributed by atoms with Crippen LogP contribution in [-0.2, 0) is 16.0 Å². The normalized spacial score (nSPS) is 21.2. The van der Waals surface area contributed by atoms with Crippen molar-refractivity contribution in [2.45, 2.75) is 59.1 Å². The summed E-state index contributed by atoms with van der Waals surface area (Å²) in [6, 6.07) is 12.6. The number of carbonyl (C=O) groups is 2. The summed E-state index contributed by atoms with van der Waals surface area (Å²) in [6.07, 6.45) is 0.778. The van der Waals surface area contributed by atoms with Crippen LogP contribution in [0.4, 0.5) is 0 Å². The number of Topliss-reactive ketones (excluding diaryl/α,β-unsaturated/α-hetero) is 1. The maximum absolute atomic E-state index is 13.8. The zero-order chi connectivity index (χ0) is 25.3. The summed E-state index contributed by atoms with van der Waals surface area (Å²) < 4.78 is 5.77. The van der Waals surface area contributed by atoms with E-state index >= 15 is 0 Å². The monoisotopic (exact) mass is 476 g/mol. The predicted octanol–water partition coefficient (Wildman–Crippen LogP) is 2.28. The van der Waals surface area contributed by atoms with Gasteiger partial charge in [-0.15, -0.1) is 0 Å². The van der Waals surface area contributed by atoms with Crippen molar-refractivity contribution in [3.05, 3.63) is 70.3 Å². The molecule has 6 nitrogen and oxygen atoms in total. The number of nitrogens with zero attached hydrogens (tertiary/aromatic N) is 1. The predicted molar refractivity (Wildman–Crippen MR) is 134 cm³/mol. The van der Waals surface area contributed by atoms with Gasteiger partial charge in [-0.1, -0.05) is 49.9 Å². The molecule has 186 valence electrons. The SMILES string of the molecule is CC[NH+](CC)CCN1C(=O)C(=O)C(=C([O-])c2ccc3c(c2)CC(C)O3)C1c1ccc(C(C)C)cc1. The van der Waals surface area contributed by atoms with Crippen molar-refractivity contribution in [3.8, 4) is 5.75 Å². The van der Waals surface area contributed by atoms with Crippen LogP contribution in [-0.4, -0.2) is 48.9 Å². The Morgan fingerprint density at radius 1 is 1.11 bits per heavy atom. The lowest BCUT2D eigenvalue weighted by Gasteiger charge is -2.29. The van der Waals surface area contributed by atoms with E-state index in [1.165, 1.54) is 10.5 Å². The number of hydrogen-bond acceptors (Lipinski definition) is 4. The first-order valence-corrected chi connectivity index (χ1v) is 12.7. The van der Waals surface area contributed by atoms with Gasteiger partial charge in [0.1, 0.15) is 11.9 Å². The van der Waals surface area contributed by atoms with Crippen molar-refractivity contribution in [3.63, 3.8) is 0 Å². The zero-order valence-corrected chi connectivity index (χ0v) is 21.4. The molecule has 6 heteroatoms. The van der Waals surface area contributed by atoms with Gasteiger partial charge >= 0.3 is 0 Å². The molecule has 4 rings (SSSR count). The quantitative estimate of drug-likeness (QED) is 0.360.